The Balaban J connectivity index is 2.09. The number of rotatable bonds is 9. The van der Waals surface area contributed by atoms with Crippen LogP contribution in [-0.4, -0.2) is 54.8 Å². The molecule has 194 valence electrons. The van der Waals surface area contributed by atoms with Crippen LogP contribution < -0.4 is 9.47 Å². The molecule has 0 aliphatic heterocycles. The molecule has 2 aromatic heterocycles. The molecule has 0 fully saturated rings. The van der Waals surface area contributed by atoms with E-state index in [1.807, 2.05) is 62.3 Å². The van der Waals surface area contributed by atoms with Crippen LogP contribution in [0.5, 0.6) is 11.6 Å². The first-order chi connectivity index (χ1) is 17.7. The number of pyridine rings is 2. The largest absolute Gasteiger partial charge is 0.494 e. The highest BCUT2D eigenvalue weighted by atomic mass is 79.9. The zero-order valence-corrected chi connectivity index (χ0v) is 23.2. The summed E-state index contributed by atoms with van der Waals surface area (Å²) in [5, 5.41) is 13.5. The minimum atomic E-state index is -1.61. The van der Waals surface area contributed by atoms with Crippen LogP contribution >= 0.6 is 15.9 Å². The summed E-state index contributed by atoms with van der Waals surface area (Å²) in [5.41, 5.74) is 1.11. The lowest BCUT2D eigenvalue weighted by Crippen LogP contribution is -2.39. The molecule has 1 N–H and O–H groups in total. The second kappa shape index (κ2) is 11.1. The third-order valence-electron chi connectivity index (χ3n) is 6.55. The average molecular weight is 568 g/mol. The van der Waals surface area contributed by atoms with Crippen molar-refractivity contribution in [1.29, 1.82) is 0 Å². The number of aliphatic hydroxyl groups is 1. The average Bonchev–Trinajstić information content (AvgIpc) is 2.88. The molecule has 6 nitrogen and oxygen atoms in total. The van der Waals surface area contributed by atoms with Crippen molar-refractivity contribution in [3.8, 4) is 11.6 Å². The van der Waals surface area contributed by atoms with Gasteiger partial charge in [-0.3, -0.25) is 4.98 Å². The molecular formula is C29H31BrFN3O3. The number of hydrogen-bond acceptors (Lipinski definition) is 6. The number of methoxy groups -OCH3 is 2. The van der Waals surface area contributed by atoms with E-state index >= 15 is 4.39 Å². The zero-order valence-electron chi connectivity index (χ0n) is 21.6. The Kier molecular flexibility index (Phi) is 8.11. The van der Waals surface area contributed by atoms with Crippen molar-refractivity contribution < 1.29 is 19.0 Å². The maximum Gasteiger partial charge on any atom is 0.217 e. The van der Waals surface area contributed by atoms with Crippen molar-refractivity contribution in [2.24, 2.45) is 0 Å². The first-order valence-corrected chi connectivity index (χ1v) is 12.7. The number of benzene rings is 2. The molecule has 0 bridgehead atoms. The van der Waals surface area contributed by atoms with E-state index in [-0.39, 0.29) is 17.7 Å². The van der Waals surface area contributed by atoms with Crippen molar-refractivity contribution in [3.63, 3.8) is 0 Å². The lowest BCUT2D eigenvalue weighted by Gasteiger charge is -2.38. The molecule has 4 rings (SSSR count). The molecule has 0 saturated heterocycles. The van der Waals surface area contributed by atoms with Gasteiger partial charge in [-0.2, -0.15) is 0 Å². The smallest absolute Gasteiger partial charge is 0.217 e. The van der Waals surface area contributed by atoms with Crippen LogP contribution in [0, 0.1) is 12.7 Å². The third kappa shape index (κ3) is 5.46. The SMILES string of the molecule is COc1cccc(C(c2cc3cc(Br)ccc3nc2OC)C(O)(CCN(C)C)c2cccc(C)n2)c1F. The summed E-state index contributed by atoms with van der Waals surface area (Å²) in [4.78, 5) is 11.4. The number of nitrogens with zero attached hydrogens (tertiary/aromatic N) is 3. The molecule has 0 radical (unpaired) electrons. The molecule has 2 unspecified atom stereocenters. The van der Waals surface area contributed by atoms with Gasteiger partial charge in [-0.05, 0) is 69.9 Å². The maximum absolute atomic E-state index is 16.0. The van der Waals surface area contributed by atoms with E-state index in [2.05, 4.69) is 15.9 Å². The van der Waals surface area contributed by atoms with Gasteiger partial charge in [0.05, 0.1) is 31.3 Å². The minimum absolute atomic E-state index is 0.0881. The summed E-state index contributed by atoms with van der Waals surface area (Å²) >= 11 is 3.53. The Morgan fingerprint density at radius 2 is 1.76 bits per heavy atom. The summed E-state index contributed by atoms with van der Waals surface area (Å²) in [6, 6.07) is 18.1. The summed E-state index contributed by atoms with van der Waals surface area (Å²) in [5.74, 6) is -1.08. The Hall–Kier alpha value is -3.07. The highest BCUT2D eigenvalue weighted by Gasteiger charge is 2.45. The van der Waals surface area contributed by atoms with Crippen LogP contribution in [-0.2, 0) is 5.60 Å². The van der Waals surface area contributed by atoms with Gasteiger partial charge in [0.1, 0.15) is 5.60 Å². The number of aromatic nitrogens is 2. The molecule has 0 amide bonds. The first-order valence-electron chi connectivity index (χ1n) is 12.0. The van der Waals surface area contributed by atoms with E-state index in [4.69, 9.17) is 19.4 Å². The van der Waals surface area contributed by atoms with Gasteiger partial charge in [0, 0.05) is 33.2 Å². The monoisotopic (exact) mass is 567 g/mol. The fourth-order valence-electron chi connectivity index (χ4n) is 4.71. The number of ether oxygens (including phenoxy) is 2. The van der Waals surface area contributed by atoms with Gasteiger partial charge >= 0.3 is 0 Å². The molecular weight excluding hydrogens is 537 g/mol. The minimum Gasteiger partial charge on any atom is -0.494 e. The topological polar surface area (TPSA) is 67.7 Å². The predicted octanol–water partition coefficient (Wildman–Crippen LogP) is 5.83. The molecule has 0 aliphatic rings. The van der Waals surface area contributed by atoms with Crippen molar-refractivity contribution in [3.05, 3.63) is 93.5 Å². The lowest BCUT2D eigenvalue weighted by molar-refractivity contribution is -0.00133. The van der Waals surface area contributed by atoms with E-state index in [0.717, 1.165) is 21.1 Å². The van der Waals surface area contributed by atoms with Gasteiger partial charge in [-0.25, -0.2) is 9.37 Å². The van der Waals surface area contributed by atoms with Gasteiger partial charge in [0.15, 0.2) is 11.6 Å². The summed E-state index contributed by atoms with van der Waals surface area (Å²) in [6.07, 6.45) is 0.275. The molecule has 0 spiro atoms. The van der Waals surface area contributed by atoms with Crippen molar-refractivity contribution in [1.82, 2.24) is 14.9 Å². The van der Waals surface area contributed by atoms with E-state index in [0.29, 0.717) is 23.7 Å². The molecule has 37 heavy (non-hydrogen) atoms. The second-order valence-corrected chi connectivity index (χ2v) is 10.3. The molecule has 0 aliphatic carbocycles. The van der Waals surface area contributed by atoms with Crippen molar-refractivity contribution in [2.45, 2.75) is 24.9 Å². The molecule has 2 atom stereocenters. The Morgan fingerprint density at radius 1 is 1.00 bits per heavy atom. The quantitative estimate of drug-likeness (QED) is 0.274. The molecule has 2 heterocycles. The fraction of sp³-hybridized carbons (Fsp3) is 0.310. The van der Waals surface area contributed by atoms with Gasteiger partial charge in [-0.15, -0.1) is 0 Å². The zero-order chi connectivity index (χ0) is 26.7. The fourth-order valence-corrected chi connectivity index (χ4v) is 5.08. The summed E-state index contributed by atoms with van der Waals surface area (Å²) in [7, 11) is 6.81. The van der Waals surface area contributed by atoms with Crippen LogP contribution in [0.2, 0.25) is 0 Å². The standard InChI is InChI=1S/C29H31BrFN3O3/c1-18-8-6-11-25(32-18)29(35,14-15-34(2)3)26(21-9-7-10-24(36-4)27(21)31)22-17-19-16-20(30)12-13-23(19)33-28(22)37-5/h6-13,16-17,26,35H,14-15H2,1-5H3. The highest BCUT2D eigenvalue weighted by Crippen LogP contribution is 2.48. The summed E-state index contributed by atoms with van der Waals surface area (Å²) < 4.78 is 28.0. The van der Waals surface area contributed by atoms with Gasteiger partial charge in [-0.1, -0.05) is 34.1 Å². The summed E-state index contributed by atoms with van der Waals surface area (Å²) in [6.45, 7) is 2.40. The Labute approximate surface area is 225 Å². The number of aryl methyl sites for hydroxylation is 1. The molecule has 4 aromatic rings. The van der Waals surface area contributed by atoms with E-state index in [1.165, 1.54) is 14.2 Å². The predicted molar refractivity (Wildman–Crippen MR) is 147 cm³/mol. The highest BCUT2D eigenvalue weighted by molar-refractivity contribution is 9.10. The second-order valence-electron chi connectivity index (χ2n) is 9.36. The molecule has 8 heteroatoms. The maximum atomic E-state index is 16.0. The lowest BCUT2D eigenvalue weighted by atomic mass is 9.73. The molecule has 0 saturated carbocycles. The van der Waals surface area contributed by atoms with Gasteiger partial charge < -0.3 is 19.5 Å². The van der Waals surface area contributed by atoms with Gasteiger partial charge in [0.25, 0.3) is 0 Å². The molecule has 2 aromatic carbocycles. The van der Waals surface area contributed by atoms with Crippen LogP contribution in [0.4, 0.5) is 4.39 Å². The van der Waals surface area contributed by atoms with Crippen LogP contribution in [0.3, 0.4) is 0 Å². The normalized spacial score (nSPS) is 14.0. The Morgan fingerprint density at radius 3 is 2.43 bits per heavy atom. The van der Waals surface area contributed by atoms with Crippen molar-refractivity contribution in [2.75, 3.05) is 34.9 Å². The van der Waals surface area contributed by atoms with E-state index in [1.54, 1.807) is 24.3 Å². The third-order valence-corrected chi connectivity index (χ3v) is 7.04. The van der Waals surface area contributed by atoms with Crippen LogP contribution in [0.15, 0.2) is 65.1 Å². The van der Waals surface area contributed by atoms with E-state index < -0.39 is 17.3 Å². The Bertz CT molecular complexity index is 1410. The van der Waals surface area contributed by atoms with E-state index in [9.17, 15) is 5.11 Å². The number of hydrogen-bond donors (Lipinski definition) is 1. The van der Waals surface area contributed by atoms with Crippen LogP contribution in [0.1, 0.15) is 34.9 Å². The van der Waals surface area contributed by atoms with Crippen molar-refractivity contribution >= 4 is 26.8 Å². The number of halogens is 2. The first kappa shape index (κ1) is 27.0. The number of fused-ring (bicyclic) bond motifs is 1. The van der Waals surface area contributed by atoms with Crippen LogP contribution in [0.25, 0.3) is 10.9 Å². The van der Waals surface area contributed by atoms with Gasteiger partial charge in [0.2, 0.25) is 5.88 Å².